The lowest BCUT2D eigenvalue weighted by Crippen LogP contribution is -2.37. The molecule has 0 spiro atoms. The lowest BCUT2D eigenvalue weighted by Gasteiger charge is -2.12. The molecule has 0 atom stereocenters. The summed E-state index contributed by atoms with van der Waals surface area (Å²) in [5, 5.41) is 6.66. The van der Waals surface area contributed by atoms with Crippen LogP contribution in [-0.2, 0) is 13.0 Å². The topological polar surface area (TPSA) is 74.3 Å². The third-order valence-electron chi connectivity index (χ3n) is 4.16. The number of methoxy groups -OCH3 is 1. The smallest absolute Gasteiger partial charge is 0.191 e. The van der Waals surface area contributed by atoms with Gasteiger partial charge in [-0.2, -0.15) is 0 Å². The molecule has 3 rings (SSSR count). The van der Waals surface area contributed by atoms with Gasteiger partial charge in [0.2, 0.25) is 0 Å². The quantitative estimate of drug-likeness (QED) is 0.210. The number of hydrogen-bond acceptors (Lipinski definition) is 3. The Morgan fingerprint density at radius 2 is 1.89 bits per heavy atom. The molecule has 6 nitrogen and oxygen atoms in total. The molecule has 0 amide bonds. The van der Waals surface area contributed by atoms with Crippen LogP contribution in [0.2, 0.25) is 0 Å². The van der Waals surface area contributed by atoms with Crippen LogP contribution >= 0.6 is 24.0 Å². The standard InChI is InChI=1S/C20H25N5O.HI/c1-21-20(23-14-15-9-11-16(26-2)12-10-15)22-13-5-8-19-24-17-6-3-4-7-18(17)25-19;/h3-4,6-7,9-12H,5,8,13-14H2,1-2H3,(H,24,25)(H2,21,22,23);1H. The molecule has 1 aromatic heterocycles. The van der Waals surface area contributed by atoms with Gasteiger partial charge in [-0.3, -0.25) is 4.99 Å². The van der Waals surface area contributed by atoms with Crippen molar-refractivity contribution in [3.05, 3.63) is 59.9 Å². The van der Waals surface area contributed by atoms with Gasteiger partial charge in [0.1, 0.15) is 11.6 Å². The number of imidazole rings is 1. The van der Waals surface area contributed by atoms with Crippen molar-refractivity contribution in [3.63, 3.8) is 0 Å². The molecule has 3 N–H and O–H groups in total. The van der Waals surface area contributed by atoms with Crippen LogP contribution in [0.1, 0.15) is 17.8 Å². The van der Waals surface area contributed by atoms with Crippen molar-refractivity contribution in [1.29, 1.82) is 0 Å². The van der Waals surface area contributed by atoms with E-state index in [1.165, 1.54) is 5.56 Å². The zero-order chi connectivity index (χ0) is 18.2. The molecule has 0 radical (unpaired) electrons. The number of hydrogen-bond donors (Lipinski definition) is 3. The highest BCUT2D eigenvalue weighted by molar-refractivity contribution is 14.0. The van der Waals surface area contributed by atoms with E-state index < -0.39 is 0 Å². The van der Waals surface area contributed by atoms with Crippen LogP contribution in [0.3, 0.4) is 0 Å². The summed E-state index contributed by atoms with van der Waals surface area (Å²) < 4.78 is 5.17. The van der Waals surface area contributed by atoms with E-state index in [2.05, 4.69) is 31.7 Å². The Morgan fingerprint density at radius 3 is 2.59 bits per heavy atom. The minimum Gasteiger partial charge on any atom is -0.497 e. The molecule has 1 heterocycles. The summed E-state index contributed by atoms with van der Waals surface area (Å²) in [6.45, 7) is 1.55. The van der Waals surface area contributed by atoms with Crippen molar-refractivity contribution in [2.75, 3.05) is 20.7 Å². The first-order valence-electron chi connectivity index (χ1n) is 8.79. The zero-order valence-corrected chi connectivity index (χ0v) is 18.0. The molecule has 0 saturated heterocycles. The molecule has 0 aliphatic rings. The molecule has 3 aromatic rings. The number of rotatable bonds is 7. The number of aromatic nitrogens is 2. The Labute approximate surface area is 176 Å². The van der Waals surface area contributed by atoms with Gasteiger partial charge in [0.25, 0.3) is 0 Å². The van der Waals surface area contributed by atoms with E-state index in [0.29, 0.717) is 6.54 Å². The van der Waals surface area contributed by atoms with Crippen LogP contribution in [0, 0.1) is 0 Å². The van der Waals surface area contributed by atoms with E-state index in [1.807, 2.05) is 42.5 Å². The van der Waals surface area contributed by atoms with E-state index in [9.17, 15) is 0 Å². The number of benzene rings is 2. The highest BCUT2D eigenvalue weighted by atomic mass is 127. The lowest BCUT2D eigenvalue weighted by atomic mass is 10.2. The maximum atomic E-state index is 5.17. The number of nitrogens with one attached hydrogen (secondary N) is 3. The molecule has 2 aromatic carbocycles. The summed E-state index contributed by atoms with van der Waals surface area (Å²) in [4.78, 5) is 12.2. The largest absolute Gasteiger partial charge is 0.497 e. The number of aliphatic imine (C=N–C) groups is 1. The number of fused-ring (bicyclic) bond motifs is 1. The third kappa shape index (κ3) is 6.13. The Kier molecular flexibility index (Phi) is 8.38. The molecule has 144 valence electrons. The second-order valence-electron chi connectivity index (χ2n) is 6.00. The molecular weight excluding hydrogens is 453 g/mol. The lowest BCUT2D eigenvalue weighted by molar-refractivity contribution is 0.414. The molecule has 27 heavy (non-hydrogen) atoms. The SMILES string of the molecule is CN=C(NCCCc1nc2ccccc2[nH]1)NCc1ccc(OC)cc1.I. The van der Waals surface area contributed by atoms with Crippen molar-refractivity contribution in [2.45, 2.75) is 19.4 Å². The summed E-state index contributed by atoms with van der Waals surface area (Å²) in [5.41, 5.74) is 3.29. The van der Waals surface area contributed by atoms with E-state index in [-0.39, 0.29) is 24.0 Å². The minimum absolute atomic E-state index is 0. The molecule has 7 heteroatoms. The molecule has 0 saturated carbocycles. The molecule has 0 unspecified atom stereocenters. The van der Waals surface area contributed by atoms with Gasteiger partial charge in [-0.05, 0) is 36.2 Å². The van der Waals surface area contributed by atoms with Gasteiger partial charge in [-0.15, -0.1) is 24.0 Å². The number of guanidine groups is 1. The van der Waals surface area contributed by atoms with Crippen molar-refractivity contribution in [3.8, 4) is 5.75 Å². The second kappa shape index (κ2) is 10.8. The Balaban J connectivity index is 0.00000261. The van der Waals surface area contributed by atoms with Crippen molar-refractivity contribution >= 4 is 41.0 Å². The normalized spacial score (nSPS) is 11.1. The highest BCUT2D eigenvalue weighted by Crippen LogP contribution is 2.12. The van der Waals surface area contributed by atoms with E-state index in [0.717, 1.165) is 48.0 Å². The molecule has 0 fully saturated rings. The van der Waals surface area contributed by atoms with Crippen LogP contribution in [0.25, 0.3) is 11.0 Å². The van der Waals surface area contributed by atoms with Crippen LogP contribution in [0.15, 0.2) is 53.5 Å². The van der Waals surface area contributed by atoms with Gasteiger partial charge in [0.15, 0.2) is 5.96 Å². The Hall–Kier alpha value is -2.29. The molecule has 0 bridgehead atoms. The number of aromatic amines is 1. The van der Waals surface area contributed by atoms with Gasteiger partial charge < -0.3 is 20.4 Å². The van der Waals surface area contributed by atoms with Crippen LogP contribution < -0.4 is 15.4 Å². The van der Waals surface area contributed by atoms with Gasteiger partial charge >= 0.3 is 0 Å². The van der Waals surface area contributed by atoms with E-state index >= 15 is 0 Å². The molecule has 0 aliphatic carbocycles. The predicted molar refractivity (Wildman–Crippen MR) is 121 cm³/mol. The van der Waals surface area contributed by atoms with Crippen LogP contribution in [0.4, 0.5) is 0 Å². The number of para-hydroxylation sites is 2. The summed E-state index contributed by atoms with van der Waals surface area (Å²) in [5.74, 6) is 2.68. The Bertz CT molecular complexity index is 827. The first kappa shape index (κ1) is 21.0. The average molecular weight is 479 g/mol. The summed E-state index contributed by atoms with van der Waals surface area (Å²) in [7, 11) is 3.45. The summed E-state index contributed by atoms with van der Waals surface area (Å²) >= 11 is 0. The summed E-state index contributed by atoms with van der Waals surface area (Å²) in [6.07, 6.45) is 1.88. The van der Waals surface area contributed by atoms with Gasteiger partial charge in [-0.25, -0.2) is 4.98 Å². The molecule has 0 aliphatic heterocycles. The predicted octanol–water partition coefficient (Wildman–Crippen LogP) is 3.49. The minimum atomic E-state index is 0. The van der Waals surface area contributed by atoms with Crippen LogP contribution in [0.5, 0.6) is 5.75 Å². The van der Waals surface area contributed by atoms with Crippen LogP contribution in [-0.4, -0.2) is 36.6 Å². The summed E-state index contributed by atoms with van der Waals surface area (Å²) in [6, 6.07) is 16.1. The number of halogens is 1. The number of aryl methyl sites for hydroxylation is 1. The second-order valence-corrected chi connectivity index (χ2v) is 6.00. The maximum Gasteiger partial charge on any atom is 0.191 e. The number of nitrogens with zero attached hydrogens (tertiary/aromatic N) is 2. The zero-order valence-electron chi connectivity index (χ0n) is 15.7. The monoisotopic (exact) mass is 479 g/mol. The van der Waals surface area contributed by atoms with Crippen molar-refractivity contribution < 1.29 is 4.74 Å². The first-order chi connectivity index (χ1) is 12.8. The van der Waals surface area contributed by atoms with Gasteiger partial charge in [-0.1, -0.05) is 24.3 Å². The molecular formula is C20H26IN5O. The van der Waals surface area contributed by atoms with Gasteiger partial charge in [0, 0.05) is 26.6 Å². The van der Waals surface area contributed by atoms with Crippen molar-refractivity contribution in [1.82, 2.24) is 20.6 Å². The van der Waals surface area contributed by atoms with Crippen molar-refractivity contribution in [2.24, 2.45) is 4.99 Å². The van der Waals surface area contributed by atoms with E-state index in [1.54, 1.807) is 14.2 Å². The Morgan fingerprint density at radius 1 is 1.11 bits per heavy atom. The number of H-pyrrole nitrogens is 1. The van der Waals surface area contributed by atoms with E-state index in [4.69, 9.17) is 4.74 Å². The first-order valence-corrected chi connectivity index (χ1v) is 8.79. The fourth-order valence-electron chi connectivity index (χ4n) is 2.74. The fourth-order valence-corrected chi connectivity index (χ4v) is 2.74. The van der Waals surface area contributed by atoms with Gasteiger partial charge in [0.05, 0.1) is 18.1 Å². The maximum absolute atomic E-state index is 5.17. The number of ether oxygens (including phenoxy) is 1. The average Bonchev–Trinajstić information content (AvgIpc) is 3.10. The fraction of sp³-hybridized carbons (Fsp3) is 0.300. The third-order valence-corrected chi connectivity index (χ3v) is 4.16. The highest BCUT2D eigenvalue weighted by Gasteiger charge is 2.03.